The Morgan fingerprint density at radius 1 is 1.56 bits per heavy atom. The fraction of sp³-hybridized carbons (Fsp3) is 0.0769. The average Bonchev–Trinajstić information content (AvgIpc) is 2.81. The molecule has 1 unspecified atom stereocenters. The monoisotopic (exact) mass is 259 g/mol. The van der Waals surface area contributed by atoms with Crippen molar-refractivity contribution in [3.8, 4) is 0 Å². The molecule has 0 fully saturated rings. The minimum atomic E-state index is -1.33. The second-order valence-electron chi connectivity index (χ2n) is 3.50. The standard InChI is InChI=1S/C13H13N3OS/c1-3-5-12(6-4-2)18(17)16-8-7-11-9-14-10-15-13(11)16/h3-10H,1H2,2H3/b6-4-,12-5+. The van der Waals surface area contributed by atoms with Crippen molar-refractivity contribution in [2.45, 2.75) is 6.92 Å². The van der Waals surface area contributed by atoms with E-state index in [1.165, 1.54) is 6.33 Å². The highest BCUT2D eigenvalue weighted by Crippen LogP contribution is 2.16. The number of rotatable bonds is 4. The molecule has 0 aliphatic heterocycles. The van der Waals surface area contributed by atoms with Crippen LogP contribution in [-0.4, -0.2) is 18.1 Å². The largest absolute Gasteiger partial charge is 0.246 e. The highest BCUT2D eigenvalue weighted by molar-refractivity contribution is 7.87. The van der Waals surface area contributed by atoms with E-state index in [1.54, 1.807) is 34.6 Å². The van der Waals surface area contributed by atoms with Crippen LogP contribution in [0.5, 0.6) is 0 Å². The lowest BCUT2D eigenvalue weighted by molar-refractivity contribution is 0.683. The Bertz CT molecular complexity index is 655. The maximum Gasteiger partial charge on any atom is 0.158 e. The molecular formula is C13H13N3OS. The van der Waals surface area contributed by atoms with Gasteiger partial charge in [-0.15, -0.1) is 0 Å². The third-order valence-corrected chi connectivity index (χ3v) is 3.64. The molecule has 1 atom stereocenters. The summed E-state index contributed by atoms with van der Waals surface area (Å²) in [4.78, 5) is 8.75. The topological polar surface area (TPSA) is 47.8 Å². The quantitative estimate of drug-likeness (QED) is 0.793. The van der Waals surface area contributed by atoms with Gasteiger partial charge in [0, 0.05) is 17.8 Å². The molecule has 0 saturated carbocycles. The Morgan fingerprint density at radius 3 is 3.11 bits per heavy atom. The van der Waals surface area contributed by atoms with Gasteiger partial charge in [0.2, 0.25) is 0 Å². The Morgan fingerprint density at radius 2 is 2.39 bits per heavy atom. The van der Waals surface area contributed by atoms with Crippen LogP contribution in [0.25, 0.3) is 11.0 Å². The molecule has 18 heavy (non-hydrogen) atoms. The van der Waals surface area contributed by atoms with Crippen LogP contribution >= 0.6 is 0 Å². The van der Waals surface area contributed by atoms with E-state index in [0.717, 1.165) is 5.39 Å². The maximum absolute atomic E-state index is 12.4. The molecule has 0 radical (unpaired) electrons. The summed E-state index contributed by atoms with van der Waals surface area (Å²) in [7, 11) is -1.33. The molecule has 0 aromatic carbocycles. The molecule has 2 heterocycles. The van der Waals surface area contributed by atoms with Crippen molar-refractivity contribution in [2.24, 2.45) is 0 Å². The van der Waals surface area contributed by atoms with Gasteiger partial charge in [0.15, 0.2) is 16.6 Å². The molecule has 92 valence electrons. The molecule has 0 amide bonds. The zero-order valence-electron chi connectivity index (χ0n) is 9.98. The Hall–Kier alpha value is -2.01. The summed E-state index contributed by atoms with van der Waals surface area (Å²) in [5.41, 5.74) is 0.655. The minimum absolute atomic E-state index is 0.655. The van der Waals surface area contributed by atoms with E-state index < -0.39 is 11.0 Å². The zero-order valence-corrected chi connectivity index (χ0v) is 10.8. The van der Waals surface area contributed by atoms with Gasteiger partial charge in [-0.3, -0.25) is 0 Å². The number of fused-ring (bicyclic) bond motifs is 1. The molecule has 0 spiro atoms. The molecule has 5 heteroatoms. The van der Waals surface area contributed by atoms with Gasteiger partial charge in [0.25, 0.3) is 0 Å². The fourth-order valence-electron chi connectivity index (χ4n) is 1.55. The Balaban J connectivity index is 2.51. The maximum atomic E-state index is 12.4. The van der Waals surface area contributed by atoms with Gasteiger partial charge < -0.3 is 0 Å². The minimum Gasteiger partial charge on any atom is -0.246 e. The molecule has 2 aromatic heterocycles. The van der Waals surface area contributed by atoms with Crippen molar-refractivity contribution >= 4 is 22.0 Å². The van der Waals surface area contributed by atoms with E-state index in [9.17, 15) is 4.21 Å². The predicted molar refractivity (Wildman–Crippen MR) is 74.2 cm³/mol. The van der Waals surface area contributed by atoms with Crippen LogP contribution in [0, 0.1) is 0 Å². The number of hydrogen-bond donors (Lipinski definition) is 0. The van der Waals surface area contributed by atoms with Gasteiger partial charge in [-0.1, -0.05) is 18.7 Å². The van der Waals surface area contributed by atoms with Gasteiger partial charge in [-0.2, -0.15) is 0 Å². The molecule has 0 saturated heterocycles. The lowest BCUT2D eigenvalue weighted by Crippen LogP contribution is -2.05. The molecular weight excluding hydrogens is 246 g/mol. The number of hydrogen-bond acceptors (Lipinski definition) is 3. The summed E-state index contributed by atoms with van der Waals surface area (Å²) in [6.45, 7) is 5.51. The van der Waals surface area contributed by atoms with E-state index in [4.69, 9.17) is 0 Å². The van der Waals surface area contributed by atoms with Crippen molar-refractivity contribution in [2.75, 3.05) is 0 Å². The highest BCUT2D eigenvalue weighted by Gasteiger charge is 2.10. The van der Waals surface area contributed by atoms with E-state index in [2.05, 4.69) is 16.5 Å². The van der Waals surface area contributed by atoms with E-state index in [-0.39, 0.29) is 0 Å². The van der Waals surface area contributed by atoms with Crippen LogP contribution in [-0.2, 0) is 11.0 Å². The van der Waals surface area contributed by atoms with Crippen LogP contribution in [0.2, 0.25) is 0 Å². The van der Waals surface area contributed by atoms with Gasteiger partial charge in [0.05, 0.1) is 4.91 Å². The number of allylic oxidation sites excluding steroid dienone is 4. The smallest absolute Gasteiger partial charge is 0.158 e. The second kappa shape index (κ2) is 5.55. The van der Waals surface area contributed by atoms with Gasteiger partial charge in [0.1, 0.15) is 6.33 Å². The van der Waals surface area contributed by atoms with Crippen molar-refractivity contribution in [1.29, 1.82) is 0 Å². The number of aromatic nitrogens is 3. The Labute approximate surface area is 108 Å². The van der Waals surface area contributed by atoms with Gasteiger partial charge in [-0.05, 0) is 25.1 Å². The third-order valence-electron chi connectivity index (χ3n) is 2.31. The van der Waals surface area contributed by atoms with Crippen molar-refractivity contribution in [3.05, 3.63) is 60.6 Å². The third kappa shape index (κ3) is 2.31. The van der Waals surface area contributed by atoms with Crippen molar-refractivity contribution in [1.82, 2.24) is 13.9 Å². The number of nitrogens with zero attached hydrogens (tertiary/aromatic N) is 3. The van der Waals surface area contributed by atoms with Crippen LogP contribution in [0.15, 0.2) is 60.6 Å². The first-order valence-corrected chi connectivity index (χ1v) is 6.53. The molecule has 0 bridgehead atoms. The summed E-state index contributed by atoms with van der Waals surface area (Å²) < 4.78 is 14.1. The molecule has 0 aliphatic rings. The van der Waals surface area contributed by atoms with Crippen molar-refractivity contribution < 1.29 is 4.21 Å². The van der Waals surface area contributed by atoms with Gasteiger partial charge >= 0.3 is 0 Å². The van der Waals surface area contributed by atoms with Crippen LogP contribution in [0.1, 0.15) is 6.92 Å². The van der Waals surface area contributed by atoms with Crippen LogP contribution < -0.4 is 0 Å². The molecule has 2 rings (SSSR count). The fourth-order valence-corrected chi connectivity index (χ4v) is 2.73. The lowest BCUT2D eigenvalue weighted by atomic mass is 10.4. The van der Waals surface area contributed by atoms with Gasteiger partial charge in [-0.25, -0.2) is 18.1 Å². The summed E-state index contributed by atoms with van der Waals surface area (Å²) >= 11 is 0. The summed E-state index contributed by atoms with van der Waals surface area (Å²) in [5, 5.41) is 0.865. The first-order chi connectivity index (χ1) is 8.77. The first-order valence-electron chi connectivity index (χ1n) is 5.42. The second-order valence-corrected chi connectivity index (χ2v) is 4.86. The summed E-state index contributed by atoms with van der Waals surface area (Å²) in [5.74, 6) is 0. The molecule has 2 aromatic rings. The SMILES string of the molecule is C=C/C=C(\C=C/C)S(=O)n1ccc2cncnc21. The lowest BCUT2D eigenvalue weighted by Gasteiger charge is -2.04. The normalized spacial score (nSPS) is 14.2. The molecule has 0 aliphatic carbocycles. The van der Waals surface area contributed by atoms with Crippen molar-refractivity contribution in [3.63, 3.8) is 0 Å². The summed E-state index contributed by atoms with van der Waals surface area (Å²) in [6, 6.07) is 1.84. The van der Waals surface area contributed by atoms with Crippen LogP contribution in [0.3, 0.4) is 0 Å². The van der Waals surface area contributed by atoms with E-state index >= 15 is 0 Å². The molecule has 4 nitrogen and oxygen atoms in total. The van der Waals surface area contributed by atoms with Crippen LogP contribution in [0.4, 0.5) is 0 Å². The average molecular weight is 259 g/mol. The zero-order chi connectivity index (χ0) is 13.0. The van der Waals surface area contributed by atoms with E-state index in [0.29, 0.717) is 10.6 Å². The highest BCUT2D eigenvalue weighted by atomic mass is 32.2. The predicted octanol–water partition coefficient (Wildman–Crippen LogP) is 2.59. The summed E-state index contributed by atoms with van der Waals surface area (Å²) in [6.07, 6.45) is 11.9. The first kappa shape index (κ1) is 12.4. The molecule has 0 N–H and O–H groups in total. The Kier molecular flexibility index (Phi) is 3.84. The van der Waals surface area contributed by atoms with E-state index in [1.807, 2.05) is 19.1 Å².